The molecule has 0 radical (unpaired) electrons. The maximum Gasteiger partial charge on any atom is 0.0771 e. The van der Waals surface area contributed by atoms with Gasteiger partial charge in [-0.1, -0.05) is 24.3 Å². The van der Waals surface area contributed by atoms with E-state index in [1.807, 2.05) is 24.3 Å². The van der Waals surface area contributed by atoms with Crippen LogP contribution in [0.4, 0.5) is 0 Å². The van der Waals surface area contributed by atoms with Gasteiger partial charge in [-0.3, -0.25) is 0 Å². The Labute approximate surface area is 185 Å². The second kappa shape index (κ2) is 13.0. The number of halogens is 1. The van der Waals surface area contributed by atoms with Gasteiger partial charge in [0.25, 0.3) is 0 Å². The highest BCUT2D eigenvalue weighted by molar-refractivity contribution is 9.11. The maximum atomic E-state index is 10.3. The van der Waals surface area contributed by atoms with Crippen molar-refractivity contribution in [2.45, 2.75) is 69.4 Å². The molecule has 5 nitrogen and oxygen atoms in total. The molecule has 0 spiro atoms. The Kier molecular flexibility index (Phi) is 11.1. The molecule has 0 bridgehead atoms. The maximum absolute atomic E-state index is 10.3. The molecule has 7 heteroatoms. The average molecular weight is 489 g/mol. The summed E-state index contributed by atoms with van der Waals surface area (Å²) in [5.74, 6) is -0.239. The Morgan fingerprint density at radius 2 is 1.93 bits per heavy atom. The number of hydrogen-bond acceptors (Lipinski definition) is 6. The first-order chi connectivity index (χ1) is 13.9. The molecule has 0 unspecified atom stereocenters. The molecule has 1 fully saturated rings. The van der Waals surface area contributed by atoms with E-state index in [1.165, 1.54) is 4.88 Å². The quantitative estimate of drug-likeness (QED) is 0.229. The molecule has 1 aliphatic carbocycles. The molecule has 0 amide bonds. The highest BCUT2D eigenvalue weighted by Crippen LogP contribution is 2.36. The van der Waals surface area contributed by atoms with E-state index in [9.17, 15) is 20.4 Å². The van der Waals surface area contributed by atoms with E-state index in [4.69, 9.17) is 5.11 Å². The lowest BCUT2D eigenvalue weighted by Gasteiger charge is -2.19. The lowest BCUT2D eigenvalue weighted by atomic mass is 9.89. The van der Waals surface area contributed by atoms with E-state index >= 15 is 0 Å². The summed E-state index contributed by atoms with van der Waals surface area (Å²) < 4.78 is 1.08. The third kappa shape index (κ3) is 8.61. The number of thiophene rings is 1. The summed E-state index contributed by atoms with van der Waals surface area (Å²) in [6.45, 7) is -0.208. The number of allylic oxidation sites excluding steroid dienone is 2. The Balaban J connectivity index is 1.79. The molecule has 0 aromatic carbocycles. The van der Waals surface area contributed by atoms with Gasteiger partial charge in [-0.25, -0.2) is 0 Å². The van der Waals surface area contributed by atoms with Gasteiger partial charge < -0.3 is 25.5 Å². The second-order valence-corrected chi connectivity index (χ2v) is 10.3. The van der Waals surface area contributed by atoms with Crippen LogP contribution in [0.3, 0.4) is 0 Å². The topological polar surface area (TPSA) is 101 Å². The Morgan fingerprint density at radius 1 is 1.14 bits per heavy atom. The highest BCUT2D eigenvalue weighted by Gasteiger charge is 2.39. The second-order valence-electron chi connectivity index (χ2n) is 7.78. The molecule has 1 aromatic rings. The van der Waals surface area contributed by atoms with Crippen molar-refractivity contribution in [3.05, 3.63) is 45.1 Å². The smallest absolute Gasteiger partial charge is 0.0771 e. The van der Waals surface area contributed by atoms with E-state index < -0.39 is 24.4 Å². The van der Waals surface area contributed by atoms with Gasteiger partial charge in [-0.15, -0.1) is 11.3 Å². The minimum atomic E-state index is -0.655. The summed E-state index contributed by atoms with van der Waals surface area (Å²) in [7, 11) is 0. The van der Waals surface area contributed by atoms with Crippen LogP contribution in [0.2, 0.25) is 0 Å². The van der Waals surface area contributed by atoms with Gasteiger partial charge in [-0.05, 0) is 72.5 Å². The third-order valence-corrected chi connectivity index (χ3v) is 7.16. The van der Waals surface area contributed by atoms with E-state index in [0.29, 0.717) is 25.7 Å². The summed E-state index contributed by atoms with van der Waals surface area (Å²) in [5, 5.41) is 49.0. The minimum Gasteiger partial charge on any atom is -0.394 e. The number of hydrogen-bond donors (Lipinski definition) is 5. The normalized spacial score (nSPS) is 27.2. The fourth-order valence-corrected chi connectivity index (χ4v) is 5.27. The number of aliphatic hydroxyl groups is 5. The van der Waals surface area contributed by atoms with Crippen molar-refractivity contribution in [3.8, 4) is 0 Å². The summed E-state index contributed by atoms with van der Waals surface area (Å²) in [6, 6.07) is 4.06. The molecule has 2 rings (SSSR count). The third-order valence-electron chi connectivity index (χ3n) is 5.48. The van der Waals surface area contributed by atoms with E-state index in [1.54, 1.807) is 17.4 Å². The van der Waals surface area contributed by atoms with Crippen LogP contribution in [-0.2, 0) is 6.42 Å². The monoisotopic (exact) mass is 488 g/mol. The van der Waals surface area contributed by atoms with Gasteiger partial charge in [0, 0.05) is 17.2 Å². The van der Waals surface area contributed by atoms with Crippen molar-refractivity contribution in [1.82, 2.24) is 0 Å². The summed E-state index contributed by atoms with van der Waals surface area (Å²) in [6.07, 6.45) is 9.89. The molecule has 6 atom stereocenters. The fraction of sp³-hybridized carbons (Fsp3) is 0.636. The highest BCUT2D eigenvalue weighted by atomic mass is 79.9. The first kappa shape index (κ1) is 24.7. The predicted molar refractivity (Wildman–Crippen MR) is 120 cm³/mol. The van der Waals surface area contributed by atoms with Crippen LogP contribution in [-0.4, -0.2) is 56.6 Å². The molecule has 1 aliphatic rings. The first-order valence-corrected chi connectivity index (χ1v) is 11.9. The molecule has 1 saturated carbocycles. The molecule has 1 aromatic heterocycles. The summed E-state index contributed by atoms with van der Waals surface area (Å²) in [5.41, 5.74) is 0. The Bertz CT molecular complexity index is 647. The predicted octanol–water partition coefficient (Wildman–Crippen LogP) is 3.19. The zero-order valence-electron chi connectivity index (χ0n) is 16.6. The van der Waals surface area contributed by atoms with E-state index in [-0.39, 0.29) is 18.4 Å². The molecule has 0 aliphatic heterocycles. The Hall–Kier alpha value is -0.540. The lowest BCUT2D eigenvalue weighted by Crippen LogP contribution is -2.20. The largest absolute Gasteiger partial charge is 0.394 e. The van der Waals surface area contributed by atoms with Crippen molar-refractivity contribution >= 4 is 27.3 Å². The minimum absolute atomic E-state index is 0.0685. The van der Waals surface area contributed by atoms with Crippen LogP contribution in [0.25, 0.3) is 0 Å². The van der Waals surface area contributed by atoms with Crippen molar-refractivity contribution in [2.75, 3.05) is 6.61 Å². The molecule has 5 N–H and O–H groups in total. The van der Waals surface area contributed by atoms with Gasteiger partial charge in [0.15, 0.2) is 0 Å². The Morgan fingerprint density at radius 3 is 2.62 bits per heavy atom. The van der Waals surface area contributed by atoms with Crippen molar-refractivity contribution < 1.29 is 25.5 Å². The van der Waals surface area contributed by atoms with Gasteiger partial charge in [0.05, 0.1) is 34.8 Å². The molecule has 1 heterocycles. The van der Waals surface area contributed by atoms with Gasteiger partial charge in [0.2, 0.25) is 0 Å². The van der Waals surface area contributed by atoms with Crippen LogP contribution < -0.4 is 0 Å². The van der Waals surface area contributed by atoms with Crippen LogP contribution in [0.1, 0.15) is 43.4 Å². The average Bonchev–Trinajstić information content (AvgIpc) is 3.23. The molecule has 29 heavy (non-hydrogen) atoms. The lowest BCUT2D eigenvalue weighted by molar-refractivity contribution is 0.0868. The van der Waals surface area contributed by atoms with Crippen molar-refractivity contribution in [1.29, 1.82) is 0 Å². The van der Waals surface area contributed by atoms with Crippen molar-refractivity contribution in [3.63, 3.8) is 0 Å². The zero-order chi connectivity index (χ0) is 21.2. The van der Waals surface area contributed by atoms with Crippen molar-refractivity contribution in [2.24, 2.45) is 11.8 Å². The molecule has 164 valence electrons. The summed E-state index contributed by atoms with van der Waals surface area (Å²) in [4.78, 5) is 1.22. The van der Waals surface area contributed by atoms with Crippen LogP contribution in [0.15, 0.2) is 40.2 Å². The molecular formula is C22H33BrO5S. The van der Waals surface area contributed by atoms with Gasteiger partial charge in [0.1, 0.15) is 0 Å². The number of aliphatic hydroxyl groups excluding tert-OH is 5. The standard InChI is InChI=1S/C22H33BrO5S/c23-22-12-10-17(29-22)9-7-15(25)8-11-19-18(20(27)13-21(19)28)6-4-2-1-3-5-16(26)14-24/h2,4,8,10-12,15-16,18-21,24-28H,1,3,5-7,9,13-14H2/b4-2-,11-8+/t15-,16+,18+,19+,20-,21+/m0/s1. The first-order valence-electron chi connectivity index (χ1n) is 10.3. The van der Waals surface area contributed by atoms with E-state index in [0.717, 1.165) is 23.0 Å². The van der Waals surface area contributed by atoms with Crippen LogP contribution >= 0.6 is 27.3 Å². The molecule has 0 saturated heterocycles. The van der Waals surface area contributed by atoms with Gasteiger partial charge >= 0.3 is 0 Å². The number of unbranched alkanes of at least 4 members (excludes halogenated alkanes) is 1. The summed E-state index contributed by atoms with van der Waals surface area (Å²) >= 11 is 5.11. The van der Waals surface area contributed by atoms with Gasteiger partial charge in [-0.2, -0.15) is 0 Å². The fourth-order valence-electron chi connectivity index (χ4n) is 3.77. The number of rotatable bonds is 12. The number of aryl methyl sites for hydroxylation is 1. The SMILES string of the molecule is OC[C@H](O)CCC/C=C\C[C@@H]1[C@@H](/C=C/[C@@H](O)CCc2ccc(Br)s2)[C@H](O)C[C@@H]1O. The van der Waals surface area contributed by atoms with Crippen LogP contribution in [0, 0.1) is 11.8 Å². The zero-order valence-corrected chi connectivity index (χ0v) is 19.0. The molecular weight excluding hydrogens is 456 g/mol. The van der Waals surface area contributed by atoms with Crippen LogP contribution in [0.5, 0.6) is 0 Å². The van der Waals surface area contributed by atoms with E-state index in [2.05, 4.69) is 22.0 Å².